The molecule has 60 heavy (non-hydrogen) atoms. The first kappa shape index (κ1) is 42.6. The molecule has 4 heterocycles. The highest BCUT2D eigenvalue weighted by Crippen LogP contribution is 2.50. The molecule has 1 aliphatic carbocycles. The molecule has 21 heteroatoms. The number of pyridine rings is 1. The zero-order valence-electron chi connectivity index (χ0n) is 32.4. The van der Waals surface area contributed by atoms with Gasteiger partial charge in [-0.25, -0.2) is 22.2 Å². The molecular weight excluding hydrogens is 822 g/mol. The van der Waals surface area contributed by atoms with Gasteiger partial charge in [-0.3, -0.25) is 23.8 Å². The van der Waals surface area contributed by atoms with Crippen molar-refractivity contribution in [2.75, 3.05) is 50.7 Å². The number of carbonyl (C=O) groups excluding carboxylic acids is 1. The summed E-state index contributed by atoms with van der Waals surface area (Å²) in [6.45, 7) is 2.56. The maximum Gasteiger partial charge on any atom is 0.435 e. The van der Waals surface area contributed by atoms with Crippen molar-refractivity contribution < 1.29 is 43.9 Å². The molecule has 7 rings (SSSR count). The average molecular weight is 861 g/mol. The van der Waals surface area contributed by atoms with Crippen LogP contribution in [0.15, 0.2) is 48.5 Å². The van der Waals surface area contributed by atoms with Crippen LogP contribution in [-0.2, 0) is 46.9 Å². The first-order chi connectivity index (χ1) is 28.2. The average Bonchev–Trinajstić information content (AvgIpc) is 3.76. The topological polar surface area (TPSA) is 156 Å². The van der Waals surface area contributed by atoms with E-state index in [-0.39, 0.29) is 33.9 Å². The number of alkyl halides is 5. The lowest BCUT2D eigenvalue weighted by Crippen LogP contribution is -2.44. The number of halogens is 7. The van der Waals surface area contributed by atoms with Crippen molar-refractivity contribution >= 4 is 32.7 Å². The van der Waals surface area contributed by atoms with Crippen LogP contribution in [0.5, 0.6) is 0 Å². The highest BCUT2D eigenvalue weighted by atomic mass is 32.2. The summed E-state index contributed by atoms with van der Waals surface area (Å²) in [6, 6.07) is 7.81. The molecular formula is C39H39F7N10O3S. The molecule has 0 spiro atoms. The van der Waals surface area contributed by atoms with Crippen LogP contribution in [0.2, 0.25) is 0 Å². The summed E-state index contributed by atoms with van der Waals surface area (Å²) in [5.41, 5.74) is 3.51. The van der Waals surface area contributed by atoms with Crippen molar-refractivity contribution in [1.29, 1.82) is 0 Å². The van der Waals surface area contributed by atoms with E-state index in [4.69, 9.17) is 10.7 Å². The summed E-state index contributed by atoms with van der Waals surface area (Å²) in [7, 11) is -0.187. The molecule has 0 bridgehead atoms. The number of piperazine rings is 1. The Labute approximate surface area is 339 Å². The number of nitrogens with one attached hydrogen (secondary N) is 2. The fraction of sp³-hybridized carbons (Fsp3) is 0.385. The van der Waals surface area contributed by atoms with Crippen LogP contribution in [-0.4, -0.2) is 94.7 Å². The summed E-state index contributed by atoms with van der Waals surface area (Å²) in [5.74, 6) is -0.671. The molecule has 5 aromatic rings. The standard InChI is InChI=1S/C39H39F7N10O3S/c1-53-12-14-55(15-13-53)11-5-6-25-9-10-26(27-7-4-8-28-34(27)54(2)51-37(28)52-60(3,58)59)33(48-25)30(18-22-16-23(40)19-24(41)17-22)49-31(57)21-56-36-32(29(47)20-38(36,42)43)35(50-56)39(44,45)46/h4,7-10,16-17,19,29-30H,11-15,18,20-21,47H2,1-3H3,(H,49,57)(H,51,52)/t29-,30-/m0/s1. The Kier molecular flexibility index (Phi) is 11.4. The number of anilines is 1. The molecule has 2 atom stereocenters. The number of hydrogen-bond donors (Lipinski definition) is 3. The van der Waals surface area contributed by atoms with E-state index in [1.807, 2.05) is 7.05 Å². The van der Waals surface area contributed by atoms with Gasteiger partial charge in [-0.05, 0) is 55.3 Å². The second kappa shape index (κ2) is 16.1. The second-order valence-electron chi connectivity index (χ2n) is 14.9. The van der Waals surface area contributed by atoms with Gasteiger partial charge in [0, 0.05) is 73.8 Å². The Morgan fingerprint density at radius 2 is 1.72 bits per heavy atom. The molecule has 2 aromatic carbocycles. The number of sulfonamides is 1. The van der Waals surface area contributed by atoms with E-state index in [1.165, 1.54) is 4.68 Å². The molecule has 0 radical (unpaired) electrons. The van der Waals surface area contributed by atoms with E-state index in [9.17, 15) is 35.2 Å². The SMILES string of the molecule is CN1CCN(CC#Cc2ccc(-c3cccc4c(NS(C)(=O)=O)nn(C)c34)c([C@H](Cc3cc(F)cc(F)c3)NC(=O)Cn3nc(C(F)(F)F)c4c3C(F)(F)C[C@@H]4N)n2)CC1. The molecule has 1 saturated heterocycles. The summed E-state index contributed by atoms with van der Waals surface area (Å²) in [6.07, 6.45) is -5.69. The van der Waals surface area contributed by atoms with Gasteiger partial charge in [0.25, 0.3) is 5.92 Å². The molecule has 2 aliphatic rings. The molecule has 13 nitrogen and oxygen atoms in total. The van der Waals surface area contributed by atoms with Gasteiger partial charge in [0.05, 0.1) is 30.1 Å². The molecule has 318 valence electrons. The number of aryl methyl sites for hydroxylation is 1. The Morgan fingerprint density at radius 1 is 1.02 bits per heavy atom. The van der Waals surface area contributed by atoms with Crippen molar-refractivity contribution in [2.45, 2.75) is 43.6 Å². The summed E-state index contributed by atoms with van der Waals surface area (Å²) < 4.78 is 130. The Hall–Kier alpha value is -5.56. The fourth-order valence-corrected chi connectivity index (χ4v) is 8.16. The van der Waals surface area contributed by atoms with Crippen LogP contribution < -0.4 is 15.8 Å². The molecule has 1 aliphatic heterocycles. The van der Waals surface area contributed by atoms with Crippen LogP contribution in [0.4, 0.5) is 36.6 Å². The number of amides is 1. The zero-order valence-corrected chi connectivity index (χ0v) is 33.2. The molecule has 3 aromatic heterocycles. The number of likely N-dealkylation sites (N-methyl/N-ethyl adjacent to an activating group) is 1. The Morgan fingerprint density at radius 3 is 2.38 bits per heavy atom. The van der Waals surface area contributed by atoms with Crippen molar-refractivity contribution in [2.24, 2.45) is 12.8 Å². The largest absolute Gasteiger partial charge is 0.435 e. The lowest BCUT2D eigenvalue weighted by atomic mass is 9.93. The van der Waals surface area contributed by atoms with Crippen LogP contribution in [0.3, 0.4) is 0 Å². The molecule has 1 fully saturated rings. The maximum absolute atomic E-state index is 15.2. The van der Waals surface area contributed by atoms with Crippen molar-refractivity contribution in [3.63, 3.8) is 0 Å². The first-order valence-electron chi connectivity index (χ1n) is 18.6. The quantitative estimate of drug-likeness (QED) is 0.134. The second-order valence-corrected chi connectivity index (χ2v) is 16.7. The van der Waals surface area contributed by atoms with Gasteiger partial charge in [0.1, 0.15) is 29.6 Å². The third-order valence-corrected chi connectivity index (χ3v) is 10.8. The predicted molar refractivity (Wildman–Crippen MR) is 207 cm³/mol. The lowest BCUT2D eigenvalue weighted by Gasteiger charge is -2.30. The van der Waals surface area contributed by atoms with Gasteiger partial charge in [-0.15, -0.1) is 0 Å². The van der Waals surface area contributed by atoms with Crippen LogP contribution in [0, 0.1) is 23.5 Å². The maximum atomic E-state index is 15.2. The van der Waals surface area contributed by atoms with Crippen LogP contribution >= 0.6 is 0 Å². The van der Waals surface area contributed by atoms with Crippen molar-refractivity contribution in [3.05, 3.63) is 94.1 Å². The highest BCUT2D eigenvalue weighted by Gasteiger charge is 2.53. The van der Waals surface area contributed by atoms with Gasteiger partial charge >= 0.3 is 6.18 Å². The van der Waals surface area contributed by atoms with E-state index in [0.29, 0.717) is 34.6 Å². The minimum absolute atomic E-state index is 0.0133. The summed E-state index contributed by atoms with van der Waals surface area (Å²) in [4.78, 5) is 23.1. The van der Waals surface area contributed by atoms with Gasteiger partial charge in [-0.2, -0.15) is 32.1 Å². The summed E-state index contributed by atoms with van der Waals surface area (Å²) >= 11 is 0. The number of para-hydroxylation sites is 1. The Bertz CT molecular complexity index is 2630. The van der Waals surface area contributed by atoms with Crippen molar-refractivity contribution in [1.82, 2.24) is 39.7 Å². The van der Waals surface area contributed by atoms with Gasteiger partial charge in [-0.1, -0.05) is 18.1 Å². The van der Waals surface area contributed by atoms with Crippen LogP contribution in [0.1, 0.15) is 52.4 Å². The van der Waals surface area contributed by atoms with Gasteiger partial charge in [0.2, 0.25) is 15.9 Å². The van der Waals surface area contributed by atoms with Gasteiger partial charge in [0.15, 0.2) is 11.5 Å². The summed E-state index contributed by atoms with van der Waals surface area (Å²) in [5, 5.41) is 10.8. The van der Waals surface area contributed by atoms with E-state index in [2.05, 4.69) is 41.9 Å². The number of hydrogen-bond acceptors (Lipinski definition) is 9. The molecule has 0 unspecified atom stereocenters. The number of nitrogens with two attached hydrogens (primary N) is 1. The normalized spacial score (nSPS) is 17.6. The lowest BCUT2D eigenvalue weighted by molar-refractivity contribution is -0.142. The van der Waals surface area contributed by atoms with Crippen molar-refractivity contribution in [3.8, 4) is 23.0 Å². The third kappa shape index (κ3) is 9.11. The number of rotatable bonds is 10. The third-order valence-electron chi connectivity index (χ3n) is 10.2. The van der Waals surface area contributed by atoms with E-state index >= 15 is 8.78 Å². The van der Waals surface area contributed by atoms with E-state index in [1.54, 1.807) is 37.4 Å². The molecule has 1 amide bonds. The number of aromatic nitrogens is 5. The first-order valence-corrected chi connectivity index (χ1v) is 20.5. The van der Waals surface area contributed by atoms with E-state index in [0.717, 1.165) is 44.6 Å². The van der Waals surface area contributed by atoms with E-state index < -0.39 is 81.7 Å². The zero-order chi connectivity index (χ0) is 43.3. The number of carbonyl (C=O) groups is 1. The van der Waals surface area contributed by atoms with Crippen LogP contribution in [0.25, 0.3) is 22.0 Å². The highest BCUT2D eigenvalue weighted by molar-refractivity contribution is 7.92. The monoisotopic (exact) mass is 860 g/mol. The molecule has 4 N–H and O–H groups in total. The minimum atomic E-state index is -5.16. The fourth-order valence-electron chi connectivity index (χ4n) is 7.66. The molecule has 0 saturated carbocycles. The predicted octanol–water partition coefficient (Wildman–Crippen LogP) is 4.69. The minimum Gasteiger partial charge on any atom is -0.346 e. The Balaban J connectivity index is 1.35. The number of benzene rings is 2. The number of nitrogens with zero attached hydrogens (tertiary/aromatic N) is 7. The number of fused-ring (bicyclic) bond motifs is 2. The van der Waals surface area contributed by atoms with Gasteiger partial charge < -0.3 is 16.0 Å². The smallest absolute Gasteiger partial charge is 0.346 e.